The van der Waals surface area contributed by atoms with Gasteiger partial charge in [-0.05, 0) is 12.1 Å². The summed E-state index contributed by atoms with van der Waals surface area (Å²) >= 11 is 0. The maximum absolute atomic E-state index is 6.02. The van der Waals surface area contributed by atoms with E-state index >= 15 is 0 Å². The summed E-state index contributed by atoms with van der Waals surface area (Å²) in [6, 6.07) is 8.07. The number of morpholine rings is 1. The molecule has 1 saturated heterocycles. The van der Waals surface area contributed by atoms with E-state index in [0.29, 0.717) is 25.7 Å². The summed E-state index contributed by atoms with van der Waals surface area (Å²) in [7, 11) is 2.01. The highest BCUT2D eigenvalue weighted by molar-refractivity contribution is 14.0. The molecule has 0 saturated carbocycles. The number of nitrogens with two attached hydrogens (primary N) is 1. The van der Waals surface area contributed by atoms with Crippen molar-refractivity contribution in [3.05, 3.63) is 30.1 Å². The van der Waals surface area contributed by atoms with Gasteiger partial charge in [0.15, 0.2) is 5.96 Å². The zero-order valence-electron chi connectivity index (χ0n) is 12.0. The van der Waals surface area contributed by atoms with Gasteiger partial charge in [0.25, 0.3) is 0 Å². The molecule has 2 aromatic rings. The van der Waals surface area contributed by atoms with E-state index < -0.39 is 0 Å². The number of aromatic nitrogens is 2. The molecule has 0 atom stereocenters. The molecule has 0 radical (unpaired) electrons. The molecular weight excluding hydrogens is 381 g/mol. The Balaban J connectivity index is 0.00000161. The average molecular weight is 401 g/mol. The van der Waals surface area contributed by atoms with Crippen LogP contribution < -0.4 is 5.73 Å². The van der Waals surface area contributed by atoms with Gasteiger partial charge in [-0.2, -0.15) is 0 Å². The minimum atomic E-state index is 0. The highest BCUT2D eigenvalue weighted by Gasteiger charge is 2.12. The van der Waals surface area contributed by atoms with Gasteiger partial charge >= 0.3 is 0 Å². The Morgan fingerprint density at radius 3 is 2.76 bits per heavy atom. The summed E-state index contributed by atoms with van der Waals surface area (Å²) in [6.07, 6.45) is 0. The van der Waals surface area contributed by atoms with Crippen LogP contribution in [0.15, 0.2) is 29.3 Å². The second-order valence-electron chi connectivity index (χ2n) is 4.85. The van der Waals surface area contributed by atoms with Crippen molar-refractivity contribution < 1.29 is 4.74 Å². The number of guanidine groups is 1. The van der Waals surface area contributed by atoms with Gasteiger partial charge in [-0.15, -0.1) is 24.0 Å². The molecule has 2 N–H and O–H groups in total. The van der Waals surface area contributed by atoms with E-state index in [1.807, 2.05) is 30.1 Å². The van der Waals surface area contributed by atoms with E-state index in [0.717, 1.165) is 29.9 Å². The largest absolute Gasteiger partial charge is 0.378 e. The van der Waals surface area contributed by atoms with Crippen molar-refractivity contribution in [3.63, 3.8) is 0 Å². The van der Waals surface area contributed by atoms with Gasteiger partial charge in [0.1, 0.15) is 12.4 Å². The fourth-order valence-electron chi connectivity index (χ4n) is 2.38. The molecule has 0 aliphatic carbocycles. The number of fused-ring (bicyclic) bond motifs is 1. The SMILES string of the molecule is Cn1c(CN=C(N)N2CCOCC2)nc2ccccc21.I. The normalized spacial score (nSPS) is 16.0. The monoisotopic (exact) mass is 401 g/mol. The third-order valence-corrected chi connectivity index (χ3v) is 3.60. The van der Waals surface area contributed by atoms with Gasteiger partial charge in [-0.25, -0.2) is 9.98 Å². The molecule has 7 heteroatoms. The van der Waals surface area contributed by atoms with Crippen LogP contribution in [-0.4, -0.2) is 46.7 Å². The summed E-state index contributed by atoms with van der Waals surface area (Å²) in [4.78, 5) is 11.1. The van der Waals surface area contributed by atoms with Crippen molar-refractivity contribution in [2.45, 2.75) is 6.54 Å². The van der Waals surface area contributed by atoms with E-state index in [4.69, 9.17) is 10.5 Å². The Hall–Kier alpha value is -1.35. The van der Waals surface area contributed by atoms with Crippen LogP contribution in [0, 0.1) is 0 Å². The molecule has 1 aliphatic rings. The van der Waals surface area contributed by atoms with Crippen LogP contribution in [-0.2, 0) is 18.3 Å². The fourth-order valence-corrected chi connectivity index (χ4v) is 2.38. The first-order chi connectivity index (χ1) is 9.75. The molecule has 0 bridgehead atoms. The number of para-hydroxylation sites is 2. The lowest BCUT2D eigenvalue weighted by Gasteiger charge is -2.27. The highest BCUT2D eigenvalue weighted by atomic mass is 127. The number of halogens is 1. The summed E-state index contributed by atoms with van der Waals surface area (Å²) in [5, 5.41) is 0. The van der Waals surface area contributed by atoms with Crippen LogP contribution in [0.3, 0.4) is 0 Å². The first-order valence-electron chi connectivity index (χ1n) is 6.78. The standard InChI is InChI=1S/C14H19N5O.HI/c1-18-12-5-3-2-4-11(12)17-13(18)10-16-14(15)19-6-8-20-9-7-19;/h2-5H,6-10H2,1H3,(H2,15,16);1H. The van der Waals surface area contributed by atoms with E-state index in [1.54, 1.807) is 0 Å². The number of nitrogens with zero attached hydrogens (tertiary/aromatic N) is 4. The predicted octanol–water partition coefficient (Wildman–Crippen LogP) is 1.34. The van der Waals surface area contributed by atoms with Crippen molar-refractivity contribution >= 4 is 41.0 Å². The number of imidazole rings is 1. The molecule has 6 nitrogen and oxygen atoms in total. The quantitative estimate of drug-likeness (QED) is 0.469. The summed E-state index contributed by atoms with van der Waals surface area (Å²) in [5.74, 6) is 1.49. The molecular formula is C14H20IN5O. The molecule has 0 unspecified atom stereocenters. The first kappa shape index (κ1) is 16.0. The Kier molecular flexibility index (Phi) is 5.40. The van der Waals surface area contributed by atoms with Crippen LogP contribution in [0.2, 0.25) is 0 Å². The van der Waals surface area contributed by atoms with Crippen LogP contribution in [0.1, 0.15) is 5.82 Å². The van der Waals surface area contributed by atoms with Gasteiger partial charge in [-0.1, -0.05) is 12.1 Å². The lowest BCUT2D eigenvalue weighted by Crippen LogP contribution is -2.44. The number of aryl methyl sites for hydroxylation is 1. The third-order valence-electron chi connectivity index (χ3n) is 3.60. The molecule has 1 fully saturated rings. The summed E-state index contributed by atoms with van der Waals surface area (Å²) in [5.41, 5.74) is 8.13. The van der Waals surface area contributed by atoms with Crippen molar-refractivity contribution in [2.75, 3.05) is 26.3 Å². The van der Waals surface area contributed by atoms with Crippen molar-refractivity contribution in [1.29, 1.82) is 0 Å². The van der Waals surface area contributed by atoms with E-state index in [9.17, 15) is 0 Å². The van der Waals surface area contributed by atoms with Crippen LogP contribution in [0.4, 0.5) is 0 Å². The molecule has 0 spiro atoms. The van der Waals surface area contributed by atoms with Crippen molar-refractivity contribution in [1.82, 2.24) is 14.5 Å². The van der Waals surface area contributed by atoms with E-state index in [1.165, 1.54) is 0 Å². The lowest BCUT2D eigenvalue weighted by molar-refractivity contribution is 0.0674. The first-order valence-corrected chi connectivity index (χ1v) is 6.78. The Bertz CT molecular complexity index is 633. The summed E-state index contributed by atoms with van der Waals surface area (Å²) < 4.78 is 7.36. The van der Waals surface area contributed by atoms with Crippen molar-refractivity contribution in [3.8, 4) is 0 Å². The molecule has 2 heterocycles. The maximum atomic E-state index is 6.02. The molecule has 1 aromatic carbocycles. The third kappa shape index (κ3) is 3.46. The van der Waals surface area contributed by atoms with E-state index in [-0.39, 0.29) is 24.0 Å². The minimum absolute atomic E-state index is 0. The molecule has 3 rings (SSSR count). The molecule has 114 valence electrons. The molecule has 1 aromatic heterocycles. The predicted molar refractivity (Wildman–Crippen MR) is 93.8 cm³/mol. The molecule has 1 aliphatic heterocycles. The Morgan fingerprint density at radius 2 is 2.05 bits per heavy atom. The number of ether oxygens (including phenoxy) is 1. The summed E-state index contributed by atoms with van der Waals surface area (Å²) in [6.45, 7) is 3.52. The van der Waals surface area contributed by atoms with Crippen LogP contribution >= 0.6 is 24.0 Å². The topological polar surface area (TPSA) is 68.7 Å². The number of rotatable bonds is 2. The zero-order chi connectivity index (χ0) is 13.9. The Labute approximate surface area is 141 Å². The zero-order valence-corrected chi connectivity index (χ0v) is 14.4. The van der Waals surface area contributed by atoms with Crippen LogP contribution in [0.25, 0.3) is 11.0 Å². The number of benzene rings is 1. The maximum Gasteiger partial charge on any atom is 0.191 e. The smallest absolute Gasteiger partial charge is 0.191 e. The molecule has 21 heavy (non-hydrogen) atoms. The van der Waals surface area contributed by atoms with Crippen molar-refractivity contribution in [2.24, 2.45) is 17.8 Å². The van der Waals surface area contributed by atoms with Crippen LogP contribution in [0.5, 0.6) is 0 Å². The average Bonchev–Trinajstić information content (AvgIpc) is 2.83. The number of aliphatic imine (C=N–C) groups is 1. The Morgan fingerprint density at radius 1 is 1.33 bits per heavy atom. The number of hydrogen-bond donors (Lipinski definition) is 1. The van der Waals surface area contributed by atoms with Gasteiger partial charge in [0.2, 0.25) is 0 Å². The van der Waals surface area contributed by atoms with Gasteiger partial charge in [-0.3, -0.25) is 0 Å². The second-order valence-corrected chi connectivity index (χ2v) is 4.85. The molecule has 0 amide bonds. The highest BCUT2D eigenvalue weighted by Crippen LogP contribution is 2.14. The number of hydrogen-bond acceptors (Lipinski definition) is 3. The van der Waals surface area contributed by atoms with Gasteiger partial charge in [0.05, 0.1) is 24.2 Å². The van der Waals surface area contributed by atoms with Gasteiger partial charge < -0.3 is 19.9 Å². The van der Waals surface area contributed by atoms with Gasteiger partial charge in [0, 0.05) is 20.1 Å². The second kappa shape index (κ2) is 7.08. The fraction of sp³-hybridized carbons (Fsp3) is 0.429. The minimum Gasteiger partial charge on any atom is -0.378 e. The lowest BCUT2D eigenvalue weighted by atomic mass is 10.3. The van der Waals surface area contributed by atoms with E-state index in [2.05, 4.69) is 20.6 Å².